The Morgan fingerprint density at radius 2 is 1.54 bits per heavy atom. The van der Waals surface area contributed by atoms with Gasteiger partial charge in [0.15, 0.2) is 4.73 Å². The summed E-state index contributed by atoms with van der Waals surface area (Å²) in [5.74, 6) is 0. The smallest absolute Gasteiger partial charge is 0.196 e. The Balaban J connectivity index is 2.42. The van der Waals surface area contributed by atoms with Gasteiger partial charge < -0.3 is 0 Å². The van der Waals surface area contributed by atoms with Crippen LogP contribution in [-0.4, -0.2) is 15.0 Å². The lowest BCUT2D eigenvalue weighted by Gasteiger charge is -1.98. The SMILES string of the molecule is Brc1ncc(-c2ccncc2)cn1. The van der Waals surface area contributed by atoms with E-state index in [4.69, 9.17) is 0 Å². The first-order valence-corrected chi connectivity index (χ1v) is 4.53. The molecule has 2 rings (SSSR count). The van der Waals surface area contributed by atoms with Crippen molar-refractivity contribution < 1.29 is 0 Å². The summed E-state index contributed by atoms with van der Waals surface area (Å²) in [6.07, 6.45) is 7.04. The number of hydrogen-bond acceptors (Lipinski definition) is 3. The molecule has 0 aliphatic heterocycles. The van der Waals surface area contributed by atoms with E-state index < -0.39 is 0 Å². The van der Waals surface area contributed by atoms with Gasteiger partial charge in [0, 0.05) is 30.4 Å². The summed E-state index contributed by atoms with van der Waals surface area (Å²) in [5.41, 5.74) is 2.06. The summed E-state index contributed by atoms with van der Waals surface area (Å²) in [6, 6.07) is 3.85. The molecule has 2 aromatic heterocycles. The molecule has 0 fully saturated rings. The van der Waals surface area contributed by atoms with Gasteiger partial charge in [-0.25, -0.2) is 9.97 Å². The van der Waals surface area contributed by atoms with Crippen LogP contribution in [0.5, 0.6) is 0 Å². The summed E-state index contributed by atoms with van der Waals surface area (Å²) in [5, 5.41) is 0. The van der Waals surface area contributed by atoms with E-state index in [1.54, 1.807) is 24.8 Å². The number of nitrogens with zero attached hydrogens (tertiary/aromatic N) is 3. The fourth-order valence-electron chi connectivity index (χ4n) is 1.01. The van der Waals surface area contributed by atoms with Gasteiger partial charge >= 0.3 is 0 Å². The zero-order valence-electron chi connectivity index (χ0n) is 6.68. The second-order valence-corrected chi connectivity index (χ2v) is 3.19. The van der Waals surface area contributed by atoms with E-state index in [2.05, 4.69) is 30.9 Å². The molecule has 0 aromatic carbocycles. The predicted molar refractivity (Wildman–Crippen MR) is 53.0 cm³/mol. The molecule has 2 aromatic rings. The third-order valence-corrected chi connectivity index (χ3v) is 2.04. The molecule has 0 aliphatic rings. The average molecular weight is 236 g/mol. The summed E-state index contributed by atoms with van der Waals surface area (Å²) < 4.78 is 0.602. The van der Waals surface area contributed by atoms with Gasteiger partial charge in [-0.2, -0.15) is 0 Å². The third kappa shape index (κ3) is 1.89. The monoisotopic (exact) mass is 235 g/mol. The van der Waals surface area contributed by atoms with Gasteiger partial charge in [0.1, 0.15) is 0 Å². The quantitative estimate of drug-likeness (QED) is 0.713. The lowest BCUT2D eigenvalue weighted by molar-refractivity contribution is 1.11. The number of pyridine rings is 1. The van der Waals surface area contributed by atoms with Crippen LogP contribution in [0.25, 0.3) is 11.1 Å². The van der Waals surface area contributed by atoms with Crippen LogP contribution in [0.15, 0.2) is 41.7 Å². The molecular weight excluding hydrogens is 230 g/mol. The van der Waals surface area contributed by atoms with Gasteiger partial charge in [-0.1, -0.05) is 0 Å². The van der Waals surface area contributed by atoms with Crippen LogP contribution in [0, 0.1) is 0 Å². The Kier molecular flexibility index (Phi) is 2.31. The van der Waals surface area contributed by atoms with Crippen LogP contribution in [-0.2, 0) is 0 Å². The maximum atomic E-state index is 4.04. The highest BCUT2D eigenvalue weighted by molar-refractivity contribution is 9.10. The molecule has 0 radical (unpaired) electrons. The van der Waals surface area contributed by atoms with E-state index in [9.17, 15) is 0 Å². The van der Waals surface area contributed by atoms with Crippen LogP contribution in [0.3, 0.4) is 0 Å². The van der Waals surface area contributed by atoms with Gasteiger partial charge in [-0.3, -0.25) is 4.98 Å². The minimum absolute atomic E-state index is 0.602. The maximum Gasteiger partial charge on any atom is 0.196 e. The van der Waals surface area contributed by atoms with Crippen molar-refractivity contribution >= 4 is 15.9 Å². The molecule has 0 atom stereocenters. The maximum absolute atomic E-state index is 4.04. The van der Waals surface area contributed by atoms with Gasteiger partial charge in [0.25, 0.3) is 0 Å². The first-order chi connectivity index (χ1) is 6.36. The highest BCUT2D eigenvalue weighted by atomic mass is 79.9. The first kappa shape index (κ1) is 8.31. The summed E-state index contributed by atoms with van der Waals surface area (Å²) in [4.78, 5) is 12.0. The number of halogens is 1. The zero-order valence-corrected chi connectivity index (χ0v) is 8.27. The zero-order chi connectivity index (χ0) is 9.10. The van der Waals surface area contributed by atoms with Crippen LogP contribution in [0.1, 0.15) is 0 Å². The van der Waals surface area contributed by atoms with Crippen molar-refractivity contribution in [2.24, 2.45) is 0 Å². The van der Waals surface area contributed by atoms with Crippen LogP contribution in [0.2, 0.25) is 0 Å². The largest absolute Gasteiger partial charge is 0.265 e. The summed E-state index contributed by atoms with van der Waals surface area (Å²) in [7, 11) is 0. The van der Waals surface area contributed by atoms with Crippen molar-refractivity contribution in [1.29, 1.82) is 0 Å². The molecule has 0 amide bonds. The Bertz CT molecular complexity index is 385. The van der Waals surface area contributed by atoms with Gasteiger partial charge in [0.05, 0.1) is 0 Å². The molecule has 0 aliphatic carbocycles. The summed E-state index contributed by atoms with van der Waals surface area (Å²) in [6.45, 7) is 0. The van der Waals surface area contributed by atoms with Crippen molar-refractivity contribution in [3.8, 4) is 11.1 Å². The number of aromatic nitrogens is 3. The van der Waals surface area contributed by atoms with Crippen molar-refractivity contribution in [2.75, 3.05) is 0 Å². The van der Waals surface area contributed by atoms with Crippen molar-refractivity contribution in [3.05, 3.63) is 41.7 Å². The van der Waals surface area contributed by atoms with E-state index in [-0.39, 0.29) is 0 Å². The van der Waals surface area contributed by atoms with E-state index >= 15 is 0 Å². The minimum Gasteiger partial charge on any atom is -0.265 e. The Morgan fingerprint density at radius 1 is 0.923 bits per heavy atom. The normalized spacial score (nSPS) is 9.92. The van der Waals surface area contributed by atoms with Crippen molar-refractivity contribution in [2.45, 2.75) is 0 Å². The van der Waals surface area contributed by atoms with Crippen LogP contribution in [0.4, 0.5) is 0 Å². The fourth-order valence-corrected chi connectivity index (χ4v) is 1.21. The lowest BCUT2D eigenvalue weighted by atomic mass is 10.1. The topological polar surface area (TPSA) is 38.7 Å². The highest BCUT2D eigenvalue weighted by Gasteiger charge is 1.96. The van der Waals surface area contributed by atoms with Gasteiger partial charge in [0.2, 0.25) is 0 Å². The van der Waals surface area contributed by atoms with Crippen LogP contribution >= 0.6 is 15.9 Å². The van der Waals surface area contributed by atoms with Gasteiger partial charge in [-0.15, -0.1) is 0 Å². The first-order valence-electron chi connectivity index (χ1n) is 3.74. The highest BCUT2D eigenvalue weighted by Crippen LogP contribution is 2.16. The lowest BCUT2D eigenvalue weighted by Crippen LogP contribution is -1.84. The Hall–Kier alpha value is -1.29. The molecule has 64 valence electrons. The van der Waals surface area contributed by atoms with E-state index in [1.807, 2.05) is 12.1 Å². The molecule has 4 heteroatoms. The van der Waals surface area contributed by atoms with E-state index in [0.717, 1.165) is 11.1 Å². The standard InChI is InChI=1S/C9H6BrN3/c10-9-12-5-8(6-13-9)7-1-3-11-4-2-7/h1-6H. The minimum atomic E-state index is 0.602. The fraction of sp³-hybridized carbons (Fsp3) is 0. The Morgan fingerprint density at radius 3 is 2.15 bits per heavy atom. The second kappa shape index (κ2) is 3.62. The molecule has 0 saturated carbocycles. The van der Waals surface area contributed by atoms with Crippen molar-refractivity contribution in [3.63, 3.8) is 0 Å². The Labute approximate surface area is 84.0 Å². The van der Waals surface area contributed by atoms with Crippen LogP contribution < -0.4 is 0 Å². The van der Waals surface area contributed by atoms with Gasteiger partial charge in [-0.05, 0) is 33.6 Å². The van der Waals surface area contributed by atoms with E-state index in [1.165, 1.54) is 0 Å². The number of rotatable bonds is 1. The van der Waals surface area contributed by atoms with E-state index in [0.29, 0.717) is 4.73 Å². The molecule has 13 heavy (non-hydrogen) atoms. The summed E-state index contributed by atoms with van der Waals surface area (Å²) >= 11 is 3.18. The molecule has 0 unspecified atom stereocenters. The second-order valence-electron chi connectivity index (χ2n) is 2.48. The average Bonchev–Trinajstić information content (AvgIpc) is 2.20. The van der Waals surface area contributed by atoms with Crippen molar-refractivity contribution in [1.82, 2.24) is 15.0 Å². The molecular formula is C9H6BrN3. The molecule has 0 saturated heterocycles. The molecule has 3 nitrogen and oxygen atoms in total. The molecule has 2 heterocycles. The third-order valence-electron chi connectivity index (χ3n) is 1.63. The molecule has 0 N–H and O–H groups in total. The molecule has 0 bridgehead atoms. The molecule has 0 spiro atoms. The number of hydrogen-bond donors (Lipinski definition) is 0. The predicted octanol–water partition coefficient (Wildman–Crippen LogP) is 2.30.